The van der Waals surface area contributed by atoms with E-state index in [1.807, 2.05) is 36.4 Å². The van der Waals surface area contributed by atoms with E-state index in [-0.39, 0.29) is 6.61 Å². The summed E-state index contributed by atoms with van der Waals surface area (Å²) in [4.78, 5) is 0. The lowest BCUT2D eigenvalue weighted by molar-refractivity contribution is 0.290. The highest BCUT2D eigenvalue weighted by atomic mass is 16.3. The van der Waals surface area contributed by atoms with Crippen LogP contribution in [0.15, 0.2) is 59.0 Å². The topological polar surface area (TPSA) is 33.4 Å². The Morgan fingerprint density at radius 3 is 2.39 bits per heavy atom. The molecule has 0 saturated carbocycles. The Kier molecular flexibility index (Phi) is 2.87. The number of aliphatic hydroxyl groups is 1. The van der Waals surface area contributed by atoms with E-state index in [0.717, 1.165) is 27.9 Å². The molecule has 0 unspecified atom stereocenters. The minimum absolute atomic E-state index is 0.0969. The van der Waals surface area contributed by atoms with Crippen LogP contribution in [0.5, 0.6) is 0 Å². The van der Waals surface area contributed by atoms with E-state index in [9.17, 15) is 0 Å². The molecule has 2 aromatic carbocycles. The molecule has 0 aliphatic carbocycles. The fraction of sp³-hybridized carbons (Fsp3) is 0.125. The monoisotopic (exact) mass is 238 g/mol. The summed E-state index contributed by atoms with van der Waals surface area (Å²) >= 11 is 0. The summed E-state index contributed by atoms with van der Waals surface area (Å²) in [6.07, 6.45) is 0.541. The third kappa shape index (κ3) is 1.81. The molecule has 0 atom stereocenters. The molecule has 1 heterocycles. The fourth-order valence-electron chi connectivity index (χ4n) is 2.30. The predicted molar refractivity (Wildman–Crippen MR) is 72.4 cm³/mol. The van der Waals surface area contributed by atoms with Gasteiger partial charge in [0, 0.05) is 17.4 Å². The molecule has 3 aromatic rings. The van der Waals surface area contributed by atoms with Crippen molar-refractivity contribution in [2.24, 2.45) is 0 Å². The Balaban J connectivity index is 2.28. The maximum absolute atomic E-state index is 9.16. The number of hydrogen-bond acceptors (Lipinski definition) is 2. The quantitative estimate of drug-likeness (QED) is 0.755. The first-order chi connectivity index (χ1) is 8.90. The summed E-state index contributed by atoms with van der Waals surface area (Å²) in [6.45, 7) is 0.0969. The van der Waals surface area contributed by atoms with E-state index >= 15 is 0 Å². The van der Waals surface area contributed by atoms with Gasteiger partial charge in [-0.05, 0) is 11.6 Å². The Hall–Kier alpha value is -2.06. The SMILES string of the molecule is OCCc1oc2ccccc2c1-c1ccccc1. The molecule has 0 spiro atoms. The van der Waals surface area contributed by atoms with Gasteiger partial charge in [-0.2, -0.15) is 0 Å². The fourth-order valence-corrected chi connectivity index (χ4v) is 2.30. The summed E-state index contributed by atoms with van der Waals surface area (Å²) in [6, 6.07) is 18.1. The van der Waals surface area contributed by atoms with Gasteiger partial charge in [0.2, 0.25) is 0 Å². The Morgan fingerprint density at radius 1 is 0.889 bits per heavy atom. The van der Waals surface area contributed by atoms with Crippen LogP contribution >= 0.6 is 0 Å². The van der Waals surface area contributed by atoms with E-state index < -0.39 is 0 Å². The van der Waals surface area contributed by atoms with Crippen molar-refractivity contribution in [1.29, 1.82) is 0 Å². The molecular formula is C16H14O2. The van der Waals surface area contributed by atoms with Gasteiger partial charge < -0.3 is 9.52 Å². The van der Waals surface area contributed by atoms with Gasteiger partial charge in [-0.1, -0.05) is 48.5 Å². The van der Waals surface area contributed by atoms with E-state index in [0.29, 0.717) is 6.42 Å². The number of fused-ring (bicyclic) bond motifs is 1. The van der Waals surface area contributed by atoms with Crippen LogP contribution in [0.25, 0.3) is 22.1 Å². The van der Waals surface area contributed by atoms with Crippen LogP contribution < -0.4 is 0 Å². The molecule has 18 heavy (non-hydrogen) atoms. The van der Waals surface area contributed by atoms with E-state index in [2.05, 4.69) is 18.2 Å². The lowest BCUT2D eigenvalue weighted by Crippen LogP contribution is -1.90. The highest BCUT2D eigenvalue weighted by Crippen LogP contribution is 2.34. The van der Waals surface area contributed by atoms with Gasteiger partial charge in [-0.25, -0.2) is 0 Å². The number of benzene rings is 2. The first-order valence-electron chi connectivity index (χ1n) is 6.07. The van der Waals surface area contributed by atoms with Gasteiger partial charge in [-0.3, -0.25) is 0 Å². The average Bonchev–Trinajstić information content (AvgIpc) is 2.78. The van der Waals surface area contributed by atoms with Crippen molar-refractivity contribution in [3.63, 3.8) is 0 Å². The van der Waals surface area contributed by atoms with Crippen molar-refractivity contribution >= 4 is 11.0 Å². The second kappa shape index (κ2) is 4.67. The molecule has 2 nitrogen and oxygen atoms in total. The Morgan fingerprint density at radius 2 is 1.61 bits per heavy atom. The lowest BCUT2D eigenvalue weighted by Gasteiger charge is -2.01. The summed E-state index contributed by atoms with van der Waals surface area (Å²) < 4.78 is 5.83. The van der Waals surface area contributed by atoms with Crippen molar-refractivity contribution in [3.8, 4) is 11.1 Å². The van der Waals surface area contributed by atoms with Crippen molar-refractivity contribution in [2.75, 3.05) is 6.61 Å². The number of para-hydroxylation sites is 1. The molecule has 90 valence electrons. The highest BCUT2D eigenvalue weighted by Gasteiger charge is 2.14. The van der Waals surface area contributed by atoms with E-state index in [1.165, 1.54) is 0 Å². The molecular weight excluding hydrogens is 224 g/mol. The van der Waals surface area contributed by atoms with Crippen LogP contribution in [0.4, 0.5) is 0 Å². The van der Waals surface area contributed by atoms with Gasteiger partial charge in [-0.15, -0.1) is 0 Å². The first kappa shape index (κ1) is 11.1. The lowest BCUT2D eigenvalue weighted by atomic mass is 10.0. The van der Waals surface area contributed by atoms with Crippen molar-refractivity contribution in [1.82, 2.24) is 0 Å². The second-order valence-corrected chi connectivity index (χ2v) is 4.24. The van der Waals surface area contributed by atoms with E-state index in [1.54, 1.807) is 0 Å². The largest absolute Gasteiger partial charge is 0.460 e. The molecule has 0 aliphatic rings. The molecule has 0 saturated heterocycles. The highest BCUT2D eigenvalue weighted by molar-refractivity contribution is 5.95. The molecule has 0 fully saturated rings. The van der Waals surface area contributed by atoms with E-state index in [4.69, 9.17) is 9.52 Å². The van der Waals surface area contributed by atoms with Gasteiger partial charge in [0.1, 0.15) is 11.3 Å². The Labute approximate surface area is 105 Å². The normalized spacial score (nSPS) is 10.9. The van der Waals surface area contributed by atoms with Crippen LogP contribution in [0, 0.1) is 0 Å². The summed E-state index contributed by atoms with van der Waals surface area (Å²) in [5.74, 6) is 0.852. The molecule has 0 bridgehead atoms. The zero-order valence-electron chi connectivity index (χ0n) is 9.97. The molecule has 1 N–H and O–H groups in total. The zero-order valence-corrected chi connectivity index (χ0v) is 9.97. The van der Waals surface area contributed by atoms with Crippen LogP contribution in [-0.2, 0) is 6.42 Å². The van der Waals surface area contributed by atoms with Crippen molar-refractivity contribution in [3.05, 3.63) is 60.4 Å². The van der Waals surface area contributed by atoms with Crippen LogP contribution in [-0.4, -0.2) is 11.7 Å². The first-order valence-corrected chi connectivity index (χ1v) is 6.07. The van der Waals surface area contributed by atoms with Crippen molar-refractivity contribution < 1.29 is 9.52 Å². The predicted octanol–water partition coefficient (Wildman–Crippen LogP) is 3.63. The maximum Gasteiger partial charge on any atom is 0.134 e. The molecule has 3 rings (SSSR count). The summed E-state index contributed by atoms with van der Waals surface area (Å²) in [5.41, 5.74) is 3.10. The maximum atomic E-state index is 9.16. The number of aliphatic hydroxyl groups excluding tert-OH is 1. The number of rotatable bonds is 3. The van der Waals surface area contributed by atoms with Gasteiger partial charge >= 0.3 is 0 Å². The van der Waals surface area contributed by atoms with Gasteiger partial charge in [0.05, 0.1) is 6.61 Å². The molecule has 0 radical (unpaired) electrons. The number of furan rings is 1. The summed E-state index contributed by atoms with van der Waals surface area (Å²) in [7, 11) is 0. The molecule has 0 amide bonds. The Bertz CT molecular complexity index is 653. The van der Waals surface area contributed by atoms with Gasteiger partial charge in [0.15, 0.2) is 0 Å². The average molecular weight is 238 g/mol. The molecule has 1 aromatic heterocycles. The van der Waals surface area contributed by atoms with Crippen LogP contribution in [0.2, 0.25) is 0 Å². The summed E-state index contributed by atoms with van der Waals surface area (Å²) in [5, 5.41) is 10.3. The third-order valence-electron chi connectivity index (χ3n) is 3.07. The minimum atomic E-state index is 0.0969. The second-order valence-electron chi connectivity index (χ2n) is 4.24. The van der Waals surface area contributed by atoms with Crippen LogP contribution in [0.1, 0.15) is 5.76 Å². The minimum Gasteiger partial charge on any atom is -0.460 e. The smallest absolute Gasteiger partial charge is 0.134 e. The standard InChI is InChI=1S/C16H14O2/c17-11-10-15-16(12-6-2-1-3-7-12)13-8-4-5-9-14(13)18-15/h1-9,17H,10-11H2. The van der Waals surface area contributed by atoms with Crippen LogP contribution in [0.3, 0.4) is 0 Å². The van der Waals surface area contributed by atoms with Crippen molar-refractivity contribution in [2.45, 2.75) is 6.42 Å². The molecule has 2 heteroatoms. The van der Waals surface area contributed by atoms with Gasteiger partial charge in [0.25, 0.3) is 0 Å². The zero-order chi connectivity index (χ0) is 12.4. The molecule has 0 aliphatic heterocycles. The third-order valence-corrected chi connectivity index (χ3v) is 3.07. The number of hydrogen-bond donors (Lipinski definition) is 1.